The minimum absolute atomic E-state index is 0.0446. The molecule has 0 unspecified atom stereocenters. The second kappa shape index (κ2) is 5.56. The molecule has 2 heterocycles. The molecule has 134 valence electrons. The molecule has 4 nitrogen and oxygen atoms in total. The highest BCUT2D eigenvalue weighted by Crippen LogP contribution is 2.41. The van der Waals surface area contributed by atoms with Crippen LogP contribution in [-0.2, 0) is 6.18 Å². The molecular weight excluding hydrogens is 369 g/mol. The zero-order valence-corrected chi connectivity index (χ0v) is 14.0. The number of aliphatic hydroxyl groups is 1. The van der Waals surface area contributed by atoms with E-state index < -0.39 is 23.1 Å². The average molecular weight is 381 g/mol. The summed E-state index contributed by atoms with van der Waals surface area (Å²) >= 11 is 5.88. The Morgan fingerprint density at radius 2 is 1.85 bits per heavy atom. The van der Waals surface area contributed by atoms with E-state index in [-0.39, 0.29) is 23.5 Å². The third-order valence-electron chi connectivity index (χ3n) is 4.63. The number of benzene rings is 2. The zero-order valence-electron chi connectivity index (χ0n) is 13.2. The highest BCUT2D eigenvalue weighted by Gasteiger charge is 2.52. The molecule has 2 aliphatic rings. The van der Waals surface area contributed by atoms with Crippen LogP contribution < -0.4 is 4.90 Å². The van der Waals surface area contributed by atoms with Gasteiger partial charge in [-0.1, -0.05) is 11.6 Å². The van der Waals surface area contributed by atoms with Crippen LogP contribution in [0.2, 0.25) is 5.02 Å². The number of alkyl halides is 3. The van der Waals surface area contributed by atoms with Crippen molar-refractivity contribution in [2.75, 3.05) is 11.4 Å². The Labute approximate surface area is 151 Å². The molecule has 0 aliphatic carbocycles. The standard InChI is InChI=1S/C18H12ClF3N2O2/c19-11-2-4-12(5-3-11)24-8-7-17(26)15(25)13-9-10(18(20,21)22)1-6-14(13)23-16(17)24/h1-6,9,26H,7-8H2/t17-/m1/s1. The molecule has 0 amide bonds. The molecular formula is C18H12ClF3N2O2. The van der Waals surface area contributed by atoms with Crippen molar-refractivity contribution >= 4 is 34.6 Å². The number of Topliss-reactive ketones (excluding diaryl/α,β-unsaturated/α-hetero) is 1. The minimum atomic E-state index is -4.58. The van der Waals surface area contributed by atoms with E-state index in [0.29, 0.717) is 17.3 Å². The predicted molar refractivity (Wildman–Crippen MR) is 91.2 cm³/mol. The summed E-state index contributed by atoms with van der Waals surface area (Å²) in [5.41, 5.74) is -2.30. The first kappa shape index (κ1) is 17.1. The number of aliphatic imine (C=N–C) groups is 1. The number of hydrogen-bond acceptors (Lipinski definition) is 4. The molecule has 1 atom stereocenters. The van der Waals surface area contributed by atoms with Crippen molar-refractivity contribution in [3.8, 4) is 0 Å². The summed E-state index contributed by atoms with van der Waals surface area (Å²) in [7, 11) is 0. The SMILES string of the molecule is O=C1c2cc(C(F)(F)F)ccc2N=C2N(c3ccc(Cl)cc3)CC[C@@]12O. The van der Waals surface area contributed by atoms with E-state index in [2.05, 4.69) is 4.99 Å². The number of carbonyl (C=O) groups excluding carboxylic acids is 1. The van der Waals surface area contributed by atoms with Gasteiger partial charge < -0.3 is 10.0 Å². The Bertz CT molecular complexity index is 940. The van der Waals surface area contributed by atoms with Crippen LogP contribution in [0.1, 0.15) is 22.3 Å². The van der Waals surface area contributed by atoms with Gasteiger partial charge in [0.05, 0.1) is 11.3 Å². The van der Waals surface area contributed by atoms with Gasteiger partial charge >= 0.3 is 6.18 Å². The lowest BCUT2D eigenvalue weighted by Crippen LogP contribution is -2.48. The molecule has 0 aromatic heterocycles. The van der Waals surface area contributed by atoms with Gasteiger partial charge in [-0.15, -0.1) is 0 Å². The molecule has 0 spiro atoms. The highest BCUT2D eigenvalue weighted by molar-refractivity contribution is 6.31. The first-order valence-electron chi connectivity index (χ1n) is 7.81. The van der Waals surface area contributed by atoms with E-state index in [9.17, 15) is 23.1 Å². The van der Waals surface area contributed by atoms with Crippen molar-refractivity contribution in [3.05, 3.63) is 58.6 Å². The summed E-state index contributed by atoms with van der Waals surface area (Å²) in [6.45, 7) is 0.308. The van der Waals surface area contributed by atoms with Crippen LogP contribution in [-0.4, -0.2) is 28.9 Å². The summed E-state index contributed by atoms with van der Waals surface area (Å²) in [5.74, 6) is -0.642. The largest absolute Gasteiger partial charge is 0.416 e. The molecule has 0 bridgehead atoms. The number of rotatable bonds is 1. The van der Waals surface area contributed by atoms with E-state index in [4.69, 9.17) is 11.6 Å². The van der Waals surface area contributed by atoms with Gasteiger partial charge in [-0.2, -0.15) is 13.2 Å². The van der Waals surface area contributed by atoms with E-state index in [1.807, 2.05) is 0 Å². The van der Waals surface area contributed by atoms with Gasteiger partial charge in [0.2, 0.25) is 5.78 Å². The second-order valence-electron chi connectivity index (χ2n) is 6.23. The van der Waals surface area contributed by atoms with Crippen molar-refractivity contribution in [2.45, 2.75) is 18.2 Å². The lowest BCUT2D eigenvalue weighted by atomic mass is 9.87. The number of hydrogen-bond donors (Lipinski definition) is 1. The summed E-state index contributed by atoms with van der Waals surface area (Å²) in [4.78, 5) is 18.8. The van der Waals surface area contributed by atoms with Gasteiger partial charge in [-0.3, -0.25) is 4.79 Å². The summed E-state index contributed by atoms with van der Waals surface area (Å²) in [6, 6.07) is 9.57. The molecule has 26 heavy (non-hydrogen) atoms. The molecule has 1 fully saturated rings. The normalized spacial score (nSPS) is 22.1. The van der Waals surface area contributed by atoms with Crippen molar-refractivity contribution in [1.82, 2.24) is 0 Å². The van der Waals surface area contributed by atoms with Gasteiger partial charge in [0.15, 0.2) is 5.60 Å². The highest BCUT2D eigenvalue weighted by atomic mass is 35.5. The maximum atomic E-state index is 12.9. The quantitative estimate of drug-likeness (QED) is 0.805. The van der Waals surface area contributed by atoms with Crippen molar-refractivity contribution in [3.63, 3.8) is 0 Å². The number of fused-ring (bicyclic) bond motifs is 2. The molecule has 2 aliphatic heterocycles. The van der Waals surface area contributed by atoms with Gasteiger partial charge in [0.25, 0.3) is 0 Å². The Balaban J connectivity index is 1.82. The lowest BCUT2D eigenvalue weighted by Gasteiger charge is -2.30. The van der Waals surface area contributed by atoms with Crippen molar-refractivity contribution in [1.29, 1.82) is 0 Å². The second-order valence-corrected chi connectivity index (χ2v) is 6.67. The maximum Gasteiger partial charge on any atom is 0.416 e. The fourth-order valence-corrected chi connectivity index (χ4v) is 3.41. The Morgan fingerprint density at radius 3 is 2.50 bits per heavy atom. The maximum absolute atomic E-state index is 12.9. The van der Waals surface area contributed by atoms with Crippen LogP contribution in [0, 0.1) is 0 Å². The minimum Gasteiger partial charge on any atom is -0.374 e. The predicted octanol–water partition coefficient (Wildman–Crippen LogP) is 4.23. The monoisotopic (exact) mass is 380 g/mol. The van der Waals surface area contributed by atoms with Crippen LogP contribution in [0.15, 0.2) is 47.5 Å². The molecule has 4 rings (SSSR count). The van der Waals surface area contributed by atoms with E-state index in [0.717, 1.165) is 18.2 Å². The summed E-state index contributed by atoms with van der Waals surface area (Å²) in [5, 5.41) is 11.4. The van der Waals surface area contributed by atoms with Crippen molar-refractivity contribution < 1.29 is 23.1 Å². The van der Waals surface area contributed by atoms with E-state index in [1.165, 1.54) is 0 Å². The molecule has 1 N–H and O–H groups in total. The molecule has 0 radical (unpaired) electrons. The molecule has 0 saturated carbocycles. The first-order valence-corrected chi connectivity index (χ1v) is 8.19. The Hall–Kier alpha value is -2.38. The van der Waals surface area contributed by atoms with Crippen molar-refractivity contribution in [2.24, 2.45) is 4.99 Å². The number of carbonyl (C=O) groups is 1. The third kappa shape index (κ3) is 2.50. The lowest BCUT2D eigenvalue weighted by molar-refractivity contribution is -0.137. The van der Waals surface area contributed by atoms with Crippen LogP contribution in [0.4, 0.5) is 24.5 Å². The zero-order chi connectivity index (χ0) is 18.7. The number of halogens is 4. The van der Waals surface area contributed by atoms with Gasteiger partial charge in [-0.25, -0.2) is 4.99 Å². The smallest absolute Gasteiger partial charge is 0.374 e. The van der Waals surface area contributed by atoms with Gasteiger partial charge in [0, 0.05) is 29.2 Å². The van der Waals surface area contributed by atoms with E-state index in [1.54, 1.807) is 29.2 Å². The van der Waals surface area contributed by atoms with Crippen LogP contribution in [0.3, 0.4) is 0 Å². The van der Waals surface area contributed by atoms with Crippen LogP contribution >= 0.6 is 11.6 Å². The van der Waals surface area contributed by atoms with Gasteiger partial charge in [-0.05, 0) is 42.5 Å². The Kier molecular flexibility index (Phi) is 3.65. The number of amidine groups is 1. The fraction of sp³-hybridized carbons (Fsp3) is 0.222. The van der Waals surface area contributed by atoms with Crippen LogP contribution in [0.5, 0.6) is 0 Å². The van der Waals surface area contributed by atoms with E-state index >= 15 is 0 Å². The molecule has 8 heteroatoms. The third-order valence-corrected chi connectivity index (χ3v) is 4.88. The topological polar surface area (TPSA) is 52.9 Å². The number of anilines is 1. The molecule has 1 saturated heterocycles. The number of ketones is 1. The number of nitrogens with zero attached hydrogens (tertiary/aromatic N) is 2. The fourth-order valence-electron chi connectivity index (χ4n) is 3.28. The molecule has 2 aromatic rings. The van der Waals surface area contributed by atoms with Crippen LogP contribution in [0.25, 0.3) is 0 Å². The van der Waals surface area contributed by atoms with Gasteiger partial charge in [0.1, 0.15) is 5.84 Å². The molecule has 2 aromatic carbocycles. The average Bonchev–Trinajstić information content (AvgIpc) is 2.93. The summed E-state index contributed by atoms with van der Waals surface area (Å²) < 4.78 is 38.8. The first-order chi connectivity index (χ1) is 12.2. The summed E-state index contributed by atoms with van der Waals surface area (Å²) in [6.07, 6.45) is -4.53. The Morgan fingerprint density at radius 1 is 1.15 bits per heavy atom.